The molecule has 106 valence electrons. The van der Waals surface area contributed by atoms with Gasteiger partial charge in [0.15, 0.2) is 0 Å². The number of hydrogen-bond donors (Lipinski definition) is 1. The van der Waals surface area contributed by atoms with Gasteiger partial charge in [0, 0.05) is 5.69 Å². The van der Waals surface area contributed by atoms with E-state index in [1.54, 1.807) is 0 Å². The first-order valence-electron chi connectivity index (χ1n) is 6.99. The summed E-state index contributed by atoms with van der Waals surface area (Å²) >= 11 is 0. The molecule has 3 heteroatoms. The highest BCUT2D eigenvalue weighted by Gasteiger charge is 2.12. The summed E-state index contributed by atoms with van der Waals surface area (Å²) in [6, 6.07) is 16.2. The first kappa shape index (κ1) is 13.4. The lowest BCUT2D eigenvalue weighted by molar-refractivity contribution is -0.242. The van der Waals surface area contributed by atoms with Gasteiger partial charge in [-0.05, 0) is 51.2 Å². The SMILES string of the molecule is CC(C)c1c(NC(=O)[O-])ccc2cc3ccccc3cc12. The van der Waals surface area contributed by atoms with Crippen molar-refractivity contribution >= 4 is 33.3 Å². The van der Waals surface area contributed by atoms with Crippen molar-refractivity contribution in [2.45, 2.75) is 19.8 Å². The number of carboxylic acid groups (broad SMARTS) is 1. The third-order valence-electron chi connectivity index (χ3n) is 3.74. The summed E-state index contributed by atoms with van der Waals surface area (Å²) < 4.78 is 0. The van der Waals surface area contributed by atoms with Crippen LogP contribution in [0, 0.1) is 0 Å². The number of anilines is 1. The number of carbonyl (C=O) groups is 1. The number of rotatable bonds is 2. The maximum absolute atomic E-state index is 10.9. The molecule has 3 nitrogen and oxygen atoms in total. The summed E-state index contributed by atoms with van der Waals surface area (Å²) in [4.78, 5) is 10.9. The Kier molecular flexibility index (Phi) is 3.26. The highest BCUT2D eigenvalue weighted by atomic mass is 16.4. The van der Waals surface area contributed by atoms with Crippen LogP contribution >= 0.6 is 0 Å². The molecule has 3 aromatic rings. The second-order valence-electron chi connectivity index (χ2n) is 5.51. The Labute approximate surface area is 123 Å². The van der Waals surface area contributed by atoms with Gasteiger partial charge in [0.2, 0.25) is 0 Å². The van der Waals surface area contributed by atoms with E-state index in [9.17, 15) is 9.90 Å². The van der Waals surface area contributed by atoms with Crippen molar-refractivity contribution in [3.63, 3.8) is 0 Å². The molecular formula is C18H16NO2-. The van der Waals surface area contributed by atoms with Crippen LogP contribution < -0.4 is 10.4 Å². The van der Waals surface area contributed by atoms with E-state index < -0.39 is 6.09 Å². The minimum atomic E-state index is -1.28. The lowest BCUT2D eigenvalue weighted by atomic mass is 9.92. The van der Waals surface area contributed by atoms with Crippen LogP contribution in [0.4, 0.5) is 10.5 Å². The van der Waals surface area contributed by atoms with E-state index in [1.165, 1.54) is 5.39 Å². The zero-order chi connectivity index (χ0) is 15.0. The van der Waals surface area contributed by atoms with E-state index in [-0.39, 0.29) is 5.92 Å². The minimum absolute atomic E-state index is 0.205. The van der Waals surface area contributed by atoms with Gasteiger partial charge in [-0.1, -0.05) is 44.2 Å². The zero-order valence-electron chi connectivity index (χ0n) is 12.0. The van der Waals surface area contributed by atoms with E-state index in [1.807, 2.05) is 24.3 Å². The second-order valence-corrected chi connectivity index (χ2v) is 5.51. The van der Waals surface area contributed by atoms with Crippen molar-refractivity contribution in [1.82, 2.24) is 0 Å². The Morgan fingerprint density at radius 2 is 1.67 bits per heavy atom. The second kappa shape index (κ2) is 5.09. The van der Waals surface area contributed by atoms with Crippen molar-refractivity contribution in [3.05, 3.63) is 54.1 Å². The number of nitrogens with one attached hydrogen (secondary N) is 1. The quantitative estimate of drug-likeness (QED) is 0.723. The van der Waals surface area contributed by atoms with Crippen LogP contribution in [0.1, 0.15) is 25.3 Å². The third kappa shape index (κ3) is 2.42. The molecule has 0 aromatic heterocycles. The summed E-state index contributed by atoms with van der Waals surface area (Å²) in [7, 11) is 0. The standard InChI is InChI=1S/C18H17NO2/c1-11(2)17-15-10-13-6-4-3-5-12(13)9-14(15)7-8-16(17)19-18(20)21/h3-11,19H,1-2H3,(H,20,21)/p-1. The molecule has 0 aliphatic heterocycles. The van der Waals surface area contributed by atoms with Gasteiger partial charge in [-0.15, -0.1) is 0 Å². The fraction of sp³-hybridized carbons (Fsp3) is 0.167. The molecule has 0 saturated carbocycles. The number of benzene rings is 3. The Balaban J connectivity index is 2.35. The first-order chi connectivity index (χ1) is 10.1. The molecule has 0 radical (unpaired) electrons. The van der Waals surface area contributed by atoms with E-state index in [2.05, 4.69) is 43.4 Å². The molecule has 1 amide bonds. The molecule has 0 aliphatic rings. The minimum Gasteiger partial charge on any atom is -0.530 e. The Morgan fingerprint density at radius 3 is 2.29 bits per heavy atom. The number of carbonyl (C=O) groups excluding carboxylic acids is 1. The van der Waals surface area contributed by atoms with Crippen molar-refractivity contribution in [3.8, 4) is 0 Å². The van der Waals surface area contributed by atoms with Crippen LogP contribution in [-0.4, -0.2) is 6.09 Å². The molecule has 1 N–H and O–H groups in total. The predicted molar refractivity (Wildman–Crippen MR) is 84.6 cm³/mol. The predicted octanol–water partition coefficient (Wildman–Crippen LogP) is 3.87. The summed E-state index contributed by atoms with van der Waals surface area (Å²) in [5.41, 5.74) is 1.61. The average Bonchev–Trinajstić information content (AvgIpc) is 2.44. The van der Waals surface area contributed by atoms with E-state index >= 15 is 0 Å². The number of amides is 1. The highest BCUT2D eigenvalue weighted by Crippen LogP contribution is 2.34. The summed E-state index contributed by atoms with van der Waals surface area (Å²) in [6.07, 6.45) is -1.28. The average molecular weight is 278 g/mol. The van der Waals surface area contributed by atoms with Crippen molar-refractivity contribution in [2.75, 3.05) is 5.32 Å². The van der Waals surface area contributed by atoms with Crippen LogP contribution in [0.2, 0.25) is 0 Å². The van der Waals surface area contributed by atoms with Gasteiger partial charge in [0.1, 0.15) is 6.09 Å². The van der Waals surface area contributed by atoms with E-state index in [4.69, 9.17) is 0 Å². The Bertz CT molecular complexity index is 837. The molecule has 0 heterocycles. The smallest absolute Gasteiger partial charge is 0.138 e. The molecule has 0 bridgehead atoms. The lowest BCUT2D eigenvalue weighted by Crippen LogP contribution is -2.29. The summed E-state index contributed by atoms with van der Waals surface area (Å²) in [6.45, 7) is 4.12. The third-order valence-corrected chi connectivity index (χ3v) is 3.74. The molecule has 0 spiro atoms. The summed E-state index contributed by atoms with van der Waals surface area (Å²) in [5, 5.41) is 17.8. The molecule has 0 unspecified atom stereocenters. The topological polar surface area (TPSA) is 52.2 Å². The number of fused-ring (bicyclic) bond motifs is 2. The van der Waals surface area contributed by atoms with Gasteiger partial charge < -0.3 is 15.2 Å². The van der Waals surface area contributed by atoms with Gasteiger partial charge in [-0.25, -0.2) is 0 Å². The molecule has 0 saturated heterocycles. The van der Waals surface area contributed by atoms with Gasteiger partial charge >= 0.3 is 0 Å². The maximum atomic E-state index is 10.9. The lowest BCUT2D eigenvalue weighted by Gasteiger charge is -2.18. The number of hydrogen-bond acceptors (Lipinski definition) is 2. The normalized spacial score (nSPS) is 11.2. The molecule has 3 aromatic carbocycles. The van der Waals surface area contributed by atoms with Crippen LogP contribution in [-0.2, 0) is 0 Å². The Morgan fingerprint density at radius 1 is 1.00 bits per heavy atom. The van der Waals surface area contributed by atoms with Crippen LogP contribution in [0.15, 0.2) is 48.5 Å². The maximum Gasteiger partial charge on any atom is 0.138 e. The van der Waals surface area contributed by atoms with Crippen molar-refractivity contribution in [1.29, 1.82) is 0 Å². The van der Waals surface area contributed by atoms with Gasteiger partial charge in [-0.2, -0.15) is 0 Å². The van der Waals surface area contributed by atoms with E-state index in [0.717, 1.165) is 21.7 Å². The van der Waals surface area contributed by atoms with Gasteiger partial charge in [0.05, 0.1) is 0 Å². The first-order valence-corrected chi connectivity index (χ1v) is 6.99. The fourth-order valence-electron chi connectivity index (χ4n) is 2.88. The molecule has 21 heavy (non-hydrogen) atoms. The van der Waals surface area contributed by atoms with Gasteiger partial charge in [-0.3, -0.25) is 0 Å². The van der Waals surface area contributed by atoms with Crippen LogP contribution in [0.25, 0.3) is 21.5 Å². The molecule has 0 atom stereocenters. The highest BCUT2D eigenvalue weighted by molar-refractivity contribution is 6.02. The molecule has 3 rings (SSSR count). The van der Waals surface area contributed by atoms with E-state index in [0.29, 0.717) is 5.69 Å². The van der Waals surface area contributed by atoms with Crippen LogP contribution in [0.5, 0.6) is 0 Å². The Hall–Kier alpha value is -2.55. The largest absolute Gasteiger partial charge is 0.530 e. The fourth-order valence-corrected chi connectivity index (χ4v) is 2.88. The van der Waals surface area contributed by atoms with Crippen molar-refractivity contribution in [2.24, 2.45) is 0 Å². The summed E-state index contributed by atoms with van der Waals surface area (Å²) in [5.74, 6) is 0.205. The monoisotopic (exact) mass is 278 g/mol. The van der Waals surface area contributed by atoms with Crippen molar-refractivity contribution < 1.29 is 9.90 Å². The van der Waals surface area contributed by atoms with Gasteiger partial charge in [0.25, 0.3) is 0 Å². The molecule has 0 fully saturated rings. The van der Waals surface area contributed by atoms with Crippen LogP contribution in [0.3, 0.4) is 0 Å². The molecular weight excluding hydrogens is 262 g/mol. The zero-order valence-corrected chi connectivity index (χ0v) is 12.0. The molecule has 0 aliphatic carbocycles.